The van der Waals surface area contributed by atoms with Crippen molar-refractivity contribution in [3.8, 4) is 0 Å². The SMILES string of the molecule is CNC1C(=O)Nc2cc(N3CCCC(C(N)=O)C3)ccc21. The van der Waals surface area contributed by atoms with Crippen molar-refractivity contribution in [1.82, 2.24) is 5.32 Å². The smallest absolute Gasteiger partial charge is 0.246 e. The fourth-order valence-electron chi connectivity index (χ4n) is 3.18. The maximum atomic E-state index is 11.8. The summed E-state index contributed by atoms with van der Waals surface area (Å²) in [6.07, 6.45) is 1.81. The van der Waals surface area contributed by atoms with Gasteiger partial charge in [0.15, 0.2) is 0 Å². The Labute approximate surface area is 123 Å². The van der Waals surface area contributed by atoms with E-state index in [0.29, 0.717) is 6.54 Å². The van der Waals surface area contributed by atoms with E-state index in [0.717, 1.165) is 36.3 Å². The molecule has 1 saturated heterocycles. The van der Waals surface area contributed by atoms with Crippen molar-refractivity contribution in [1.29, 1.82) is 0 Å². The van der Waals surface area contributed by atoms with Gasteiger partial charge in [0, 0.05) is 30.0 Å². The number of rotatable bonds is 3. The van der Waals surface area contributed by atoms with Crippen LogP contribution in [0.3, 0.4) is 0 Å². The molecule has 6 nitrogen and oxygen atoms in total. The fourth-order valence-corrected chi connectivity index (χ4v) is 3.18. The van der Waals surface area contributed by atoms with Crippen molar-refractivity contribution in [2.75, 3.05) is 30.4 Å². The van der Waals surface area contributed by atoms with Gasteiger partial charge in [0.25, 0.3) is 0 Å². The van der Waals surface area contributed by atoms with E-state index in [4.69, 9.17) is 5.73 Å². The number of anilines is 2. The second-order valence-electron chi connectivity index (χ2n) is 5.67. The van der Waals surface area contributed by atoms with Gasteiger partial charge in [0.1, 0.15) is 6.04 Å². The predicted octanol–water partition coefficient (Wildman–Crippen LogP) is 0.601. The number of hydrogen-bond donors (Lipinski definition) is 3. The topological polar surface area (TPSA) is 87.5 Å². The average Bonchev–Trinajstić information content (AvgIpc) is 2.81. The molecule has 0 aliphatic carbocycles. The zero-order valence-corrected chi connectivity index (χ0v) is 12.1. The number of likely N-dealkylation sites (N-methyl/N-ethyl adjacent to an activating group) is 1. The Morgan fingerprint density at radius 1 is 1.48 bits per heavy atom. The van der Waals surface area contributed by atoms with Gasteiger partial charge in [-0.3, -0.25) is 9.59 Å². The van der Waals surface area contributed by atoms with Gasteiger partial charge in [0.2, 0.25) is 11.8 Å². The van der Waals surface area contributed by atoms with Crippen molar-refractivity contribution in [3.63, 3.8) is 0 Å². The molecular formula is C15H20N4O2. The highest BCUT2D eigenvalue weighted by atomic mass is 16.2. The molecule has 3 rings (SSSR count). The number of benzene rings is 1. The molecule has 4 N–H and O–H groups in total. The van der Waals surface area contributed by atoms with E-state index in [1.165, 1.54) is 0 Å². The zero-order valence-electron chi connectivity index (χ0n) is 12.1. The molecule has 0 radical (unpaired) electrons. The number of hydrogen-bond acceptors (Lipinski definition) is 4. The molecule has 2 aliphatic rings. The number of nitrogens with one attached hydrogen (secondary N) is 2. The molecule has 2 unspecified atom stereocenters. The summed E-state index contributed by atoms with van der Waals surface area (Å²) >= 11 is 0. The summed E-state index contributed by atoms with van der Waals surface area (Å²) in [6, 6.07) is 5.67. The minimum Gasteiger partial charge on any atom is -0.371 e. The Kier molecular flexibility index (Phi) is 3.55. The number of nitrogens with zero attached hydrogens (tertiary/aromatic N) is 1. The Bertz CT molecular complexity index is 587. The van der Waals surface area contributed by atoms with Crippen LogP contribution in [0.5, 0.6) is 0 Å². The van der Waals surface area contributed by atoms with Crippen LogP contribution in [0.2, 0.25) is 0 Å². The first-order valence-electron chi connectivity index (χ1n) is 7.26. The minimum atomic E-state index is -0.284. The van der Waals surface area contributed by atoms with Crippen molar-refractivity contribution in [2.45, 2.75) is 18.9 Å². The molecule has 2 atom stereocenters. The van der Waals surface area contributed by atoms with E-state index in [1.807, 2.05) is 18.2 Å². The van der Waals surface area contributed by atoms with Crippen LogP contribution >= 0.6 is 0 Å². The van der Waals surface area contributed by atoms with Gasteiger partial charge in [-0.25, -0.2) is 0 Å². The van der Waals surface area contributed by atoms with E-state index in [1.54, 1.807) is 7.05 Å². The minimum absolute atomic E-state index is 0.0293. The molecule has 1 fully saturated rings. The first-order valence-corrected chi connectivity index (χ1v) is 7.26. The summed E-state index contributed by atoms with van der Waals surface area (Å²) in [6.45, 7) is 1.56. The van der Waals surface area contributed by atoms with Crippen molar-refractivity contribution in [3.05, 3.63) is 23.8 Å². The summed E-state index contributed by atoms with van der Waals surface area (Å²) in [5, 5.41) is 5.90. The van der Waals surface area contributed by atoms with Crippen molar-refractivity contribution in [2.24, 2.45) is 11.7 Å². The standard InChI is InChI=1S/C15H20N4O2/c1-17-13-11-5-4-10(7-12(11)18-15(13)21)19-6-2-3-9(8-19)14(16)20/h4-5,7,9,13,17H,2-3,6,8H2,1H3,(H2,16,20)(H,18,21). The number of amides is 2. The van der Waals surface area contributed by atoms with Crippen LogP contribution in [0.15, 0.2) is 18.2 Å². The lowest BCUT2D eigenvalue weighted by molar-refractivity contribution is -0.122. The maximum absolute atomic E-state index is 11.8. The van der Waals surface area contributed by atoms with Crippen LogP contribution in [0.4, 0.5) is 11.4 Å². The molecule has 2 aliphatic heterocycles. The van der Waals surface area contributed by atoms with Gasteiger partial charge in [-0.15, -0.1) is 0 Å². The summed E-state index contributed by atoms with van der Waals surface area (Å²) in [5.74, 6) is -0.352. The molecule has 0 bridgehead atoms. The maximum Gasteiger partial charge on any atom is 0.246 e. The highest BCUT2D eigenvalue weighted by molar-refractivity contribution is 6.03. The second kappa shape index (κ2) is 5.37. The van der Waals surface area contributed by atoms with E-state index in [2.05, 4.69) is 15.5 Å². The first-order chi connectivity index (χ1) is 10.1. The highest BCUT2D eigenvalue weighted by Crippen LogP contribution is 2.34. The molecule has 6 heteroatoms. The summed E-state index contributed by atoms with van der Waals surface area (Å²) in [5.41, 5.74) is 8.26. The Hall–Kier alpha value is -2.08. The summed E-state index contributed by atoms with van der Waals surface area (Å²) in [7, 11) is 1.77. The van der Waals surface area contributed by atoms with Gasteiger partial charge in [-0.2, -0.15) is 0 Å². The summed E-state index contributed by atoms with van der Waals surface area (Å²) in [4.78, 5) is 25.4. The monoisotopic (exact) mass is 288 g/mol. The quantitative estimate of drug-likeness (QED) is 0.760. The first kappa shape index (κ1) is 13.9. The Morgan fingerprint density at radius 2 is 2.29 bits per heavy atom. The lowest BCUT2D eigenvalue weighted by Crippen LogP contribution is -2.41. The number of primary amides is 1. The number of piperidine rings is 1. The van der Waals surface area contributed by atoms with E-state index in [9.17, 15) is 9.59 Å². The molecule has 0 saturated carbocycles. The Balaban J connectivity index is 1.83. The van der Waals surface area contributed by atoms with Gasteiger partial charge in [-0.05, 0) is 32.0 Å². The van der Waals surface area contributed by atoms with Crippen LogP contribution in [0, 0.1) is 5.92 Å². The molecular weight excluding hydrogens is 268 g/mol. The molecule has 0 aromatic heterocycles. The number of carbonyl (C=O) groups is 2. The number of nitrogens with two attached hydrogens (primary N) is 1. The fraction of sp³-hybridized carbons (Fsp3) is 0.467. The zero-order chi connectivity index (χ0) is 15.0. The normalized spacial score (nSPS) is 24.6. The molecule has 1 aromatic rings. The van der Waals surface area contributed by atoms with Gasteiger partial charge < -0.3 is 21.3 Å². The number of fused-ring (bicyclic) bond motifs is 1. The molecule has 0 spiro atoms. The molecule has 2 amide bonds. The van der Waals surface area contributed by atoms with Crippen molar-refractivity contribution >= 4 is 23.2 Å². The lowest BCUT2D eigenvalue weighted by Gasteiger charge is -2.33. The third kappa shape index (κ3) is 2.47. The summed E-state index contributed by atoms with van der Waals surface area (Å²) < 4.78 is 0. The largest absolute Gasteiger partial charge is 0.371 e. The molecule has 21 heavy (non-hydrogen) atoms. The van der Waals surface area contributed by atoms with E-state index in [-0.39, 0.29) is 23.8 Å². The van der Waals surface area contributed by atoms with Crippen molar-refractivity contribution < 1.29 is 9.59 Å². The van der Waals surface area contributed by atoms with Gasteiger partial charge in [0.05, 0.1) is 5.92 Å². The highest BCUT2D eigenvalue weighted by Gasteiger charge is 2.30. The lowest BCUT2D eigenvalue weighted by atomic mass is 9.96. The van der Waals surface area contributed by atoms with Crippen LogP contribution in [0.1, 0.15) is 24.4 Å². The van der Waals surface area contributed by atoms with Crippen LogP contribution in [0.25, 0.3) is 0 Å². The predicted molar refractivity (Wildman–Crippen MR) is 81.0 cm³/mol. The van der Waals surface area contributed by atoms with Gasteiger partial charge >= 0.3 is 0 Å². The van der Waals surface area contributed by atoms with Crippen LogP contribution in [-0.2, 0) is 9.59 Å². The third-order valence-corrected chi connectivity index (χ3v) is 4.35. The molecule has 2 heterocycles. The number of carbonyl (C=O) groups excluding carboxylic acids is 2. The van der Waals surface area contributed by atoms with Crippen LogP contribution < -0.4 is 21.3 Å². The Morgan fingerprint density at radius 3 is 3.00 bits per heavy atom. The third-order valence-electron chi connectivity index (χ3n) is 4.35. The van der Waals surface area contributed by atoms with Crippen LogP contribution in [-0.4, -0.2) is 32.0 Å². The van der Waals surface area contributed by atoms with Gasteiger partial charge in [-0.1, -0.05) is 6.07 Å². The van der Waals surface area contributed by atoms with E-state index >= 15 is 0 Å². The van der Waals surface area contributed by atoms with E-state index < -0.39 is 0 Å². The molecule has 112 valence electrons. The average molecular weight is 288 g/mol. The second-order valence-corrected chi connectivity index (χ2v) is 5.67. The molecule has 1 aromatic carbocycles.